The summed E-state index contributed by atoms with van der Waals surface area (Å²) in [6.07, 6.45) is 6.08. The van der Waals surface area contributed by atoms with Crippen LogP contribution in [0, 0.1) is 12.8 Å². The average Bonchev–Trinajstić information content (AvgIpc) is 3.26. The fourth-order valence-electron chi connectivity index (χ4n) is 2.92. The van der Waals surface area contributed by atoms with Gasteiger partial charge in [-0.05, 0) is 20.3 Å². The fourth-order valence-corrected chi connectivity index (χ4v) is 2.92. The molecule has 0 spiro atoms. The molecule has 7 heteroatoms. The Bertz CT molecular complexity index is 690. The maximum absolute atomic E-state index is 12.6. The van der Waals surface area contributed by atoms with Crippen LogP contribution in [0.3, 0.4) is 0 Å². The first-order valence-electron chi connectivity index (χ1n) is 7.99. The molecule has 0 unspecified atom stereocenters. The number of nitrogens with one attached hydrogen (secondary N) is 1. The Morgan fingerprint density at radius 1 is 1.43 bits per heavy atom. The van der Waals surface area contributed by atoms with Crippen LogP contribution < -0.4 is 5.32 Å². The topological polar surface area (TPSA) is 74.0 Å². The summed E-state index contributed by atoms with van der Waals surface area (Å²) in [7, 11) is 1.90. The molecule has 2 aromatic rings. The maximum Gasteiger partial charge on any atom is 0.226 e. The molecule has 1 saturated heterocycles. The second kappa shape index (κ2) is 6.54. The van der Waals surface area contributed by atoms with Crippen LogP contribution in [-0.4, -0.2) is 32.1 Å². The van der Waals surface area contributed by atoms with Crippen molar-refractivity contribution in [3.05, 3.63) is 35.4 Å². The lowest BCUT2D eigenvalue weighted by Crippen LogP contribution is -2.32. The van der Waals surface area contributed by atoms with Gasteiger partial charge in [-0.15, -0.1) is 0 Å². The lowest BCUT2D eigenvalue weighted by atomic mass is 9.96. The Kier molecular flexibility index (Phi) is 4.47. The van der Waals surface area contributed by atoms with Crippen LogP contribution in [0.1, 0.15) is 36.3 Å². The van der Waals surface area contributed by atoms with E-state index in [1.54, 1.807) is 12.4 Å². The van der Waals surface area contributed by atoms with Gasteiger partial charge in [-0.3, -0.25) is 14.2 Å². The van der Waals surface area contributed by atoms with Crippen molar-refractivity contribution in [3.8, 4) is 0 Å². The minimum absolute atomic E-state index is 0.0278. The molecule has 2 aromatic heterocycles. The summed E-state index contributed by atoms with van der Waals surface area (Å²) in [5.74, 6) is -0.138. The summed E-state index contributed by atoms with van der Waals surface area (Å²) in [6.45, 7) is 5.94. The van der Waals surface area contributed by atoms with Crippen molar-refractivity contribution in [2.75, 3.05) is 6.61 Å². The molecule has 0 bridgehead atoms. The molecule has 2 atom stereocenters. The number of hydrogen-bond acceptors (Lipinski definition) is 4. The van der Waals surface area contributed by atoms with E-state index in [-0.39, 0.29) is 17.9 Å². The van der Waals surface area contributed by atoms with Crippen LogP contribution in [0.4, 0.5) is 0 Å². The molecule has 1 amide bonds. The van der Waals surface area contributed by atoms with E-state index in [2.05, 4.69) is 15.5 Å². The highest BCUT2D eigenvalue weighted by molar-refractivity contribution is 5.79. The molecular weight excluding hydrogens is 294 g/mol. The van der Waals surface area contributed by atoms with Gasteiger partial charge in [-0.1, -0.05) is 0 Å². The SMILES string of the molecule is CCn1cc([C@H]2OCC[C@@H]2C(=O)NCc2cnn(C)c2C)cn1. The quantitative estimate of drug-likeness (QED) is 0.903. The van der Waals surface area contributed by atoms with E-state index in [0.717, 1.165) is 29.8 Å². The maximum atomic E-state index is 12.6. The Morgan fingerprint density at radius 3 is 2.91 bits per heavy atom. The van der Waals surface area contributed by atoms with Crippen molar-refractivity contribution in [3.63, 3.8) is 0 Å². The molecule has 7 nitrogen and oxygen atoms in total. The Balaban J connectivity index is 1.65. The molecule has 0 saturated carbocycles. The number of carbonyl (C=O) groups is 1. The monoisotopic (exact) mass is 317 g/mol. The van der Waals surface area contributed by atoms with Gasteiger partial charge in [0.1, 0.15) is 0 Å². The van der Waals surface area contributed by atoms with Crippen molar-refractivity contribution >= 4 is 5.91 Å². The van der Waals surface area contributed by atoms with Crippen LogP contribution in [0.15, 0.2) is 18.6 Å². The van der Waals surface area contributed by atoms with Crippen molar-refractivity contribution in [2.45, 2.75) is 39.5 Å². The third kappa shape index (κ3) is 3.14. The first-order chi connectivity index (χ1) is 11.1. The molecule has 0 radical (unpaired) electrons. The molecule has 124 valence electrons. The minimum Gasteiger partial charge on any atom is -0.373 e. The molecule has 1 N–H and O–H groups in total. The molecule has 1 aliphatic rings. The minimum atomic E-state index is -0.203. The molecule has 0 aromatic carbocycles. The van der Waals surface area contributed by atoms with E-state index in [1.165, 1.54) is 0 Å². The Labute approximate surface area is 135 Å². The van der Waals surface area contributed by atoms with Crippen molar-refractivity contribution in [1.29, 1.82) is 0 Å². The number of aromatic nitrogens is 4. The number of aryl methyl sites for hydroxylation is 2. The molecule has 23 heavy (non-hydrogen) atoms. The summed E-state index contributed by atoms with van der Waals surface area (Å²) in [6, 6.07) is 0. The zero-order valence-corrected chi connectivity index (χ0v) is 13.8. The number of carbonyl (C=O) groups excluding carboxylic acids is 1. The van der Waals surface area contributed by atoms with Gasteiger partial charge in [0.15, 0.2) is 0 Å². The highest BCUT2D eigenvalue weighted by atomic mass is 16.5. The second-order valence-corrected chi connectivity index (χ2v) is 5.91. The van der Waals surface area contributed by atoms with Gasteiger partial charge in [0.05, 0.1) is 24.4 Å². The van der Waals surface area contributed by atoms with Crippen molar-refractivity contribution < 1.29 is 9.53 Å². The van der Waals surface area contributed by atoms with Gasteiger partial charge in [-0.2, -0.15) is 10.2 Å². The number of nitrogens with zero attached hydrogens (tertiary/aromatic N) is 4. The van der Waals surface area contributed by atoms with Gasteiger partial charge < -0.3 is 10.1 Å². The van der Waals surface area contributed by atoms with E-state index in [1.807, 2.05) is 36.5 Å². The molecule has 1 fully saturated rings. The van der Waals surface area contributed by atoms with Crippen molar-refractivity contribution in [2.24, 2.45) is 13.0 Å². The fraction of sp³-hybridized carbons (Fsp3) is 0.562. The van der Waals surface area contributed by atoms with Gasteiger partial charge >= 0.3 is 0 Å². The summed E-state index contributed by atoms with van der Waals surface area (Å²) in [5, 5.41) is 11.5. The van der Waals surface area contributed by atoms with Crippen molar-refractivity contribution in [1.82, 2.24) is 24.9 Å². The van der Waals surface area contributed by atoms with E-state index >= 15 is 0 Å². The van der Waals surface area contributed by atoms with Crippen LogP contribution in [0.25, 0.3) is 0 Å². The summed E-state index contributed by atoms with van der Waals surface area (Å²) in [5.41, 5.74) is 3.07. The predicted molar refractivity (Wildman–Crippen MR) is 84.5 cm³/mol. The third-order valence-electron chi connectivity index (χ3n) is 4.52. The van der Waals surface area contributed by atoms with Gasteiger partial charge in [-0.25, -0.2) is 0 Å². The van der Waals surface area contributed by atoms with E-state index in [4.69, 9.17) is 4.74 Å². The molecular formula is C16H23N5O2. The van der Waals surface area contributed by atoms with Gasteiger partial charge in [0, 0.05) is 49.8 Å². The lowest BCUT2D eigenvalue weighted by Gasteiger charge is -2.17. The molecule has 3 rings (SSSR count). The normalized spacial score (nSPS) is 20.8. The van der Waals surface area contributed by atoms with Crippen LogP contribution in [-0.2, 0) is 29.7 Å². The van der Waals surface area contributed by atoms with Crippen LogP contribution in [0.5, 0.6) is 0 Å². The summed E-state index contributed by atoms with van der Waals surface area (Å²) >= 11 is 0. The molecule has 0 aliphatic carbocycles. The first kappa shape index (κ1) is 15.7. The predicted octanol–water partition coefficient (Wildman–Crippen LogP) is 1.34. The standard InChI is InChI=1S/C16H23N5O2/c1-4-21-10-13(9-19-21)15-14(5-6-23-15)16(22)17-7-12-8-18-20(3)11(12)2/h8-10,14-15H,4-7H2,1-3H3,(H,17,22)/t14-,15+/m0/s1. The van der Waals surface area contributed by atoms with Crippen LogP contribution >= 0.6 is 0 Å². The highest BCUT2D eigenvalue weighted by Gasteiger charge is 2.35. The largest absolute Gasteiger partial charge is 0.373 e. The second-order valence-electron chi connectivity index (χ2n) is 5.91. The number of hydrogen-bond donors (Lipinski definition) is 1. The smallest absolute Gasteiger partial charge is 0.226 e. The zero-order valence-electron chi connectivity index (χ0n) is 13.8. The molecule has 1 aliphatic heterocycles. The van der Waals surface area contributed by atoms with E-state index in [0.29, 0.717) is 13.2 Å². The number of ether oxygens (including phenoxy) is 1. The molecule has 3 heterocycles. The van der Waals surface area contributed by atoms with Crippen LogP contribution in [0.2, 0.25) is 0 Å². The Hall–Kier alpha value is -2.15. The summed E-state index contributed by atoms with van der Waals surface area (Å²) < 4.78 is 9.44. The van der Waals surface area contributed by atoms with Gasteiger partial charge in [0.2, 0.25) is 5.91 Å². The number of amides is 1. The van der Waals surface area contributed by atoms with Gasteiger partial charge in [0.25, 0.3) is 0 Å². The highest BCUT2D eigenvalue weighted by Crippen LogP contribution is 2.34. The summed E-state index contributed by atoms with van der Waals surface area (Å²) in [4.78, 5) is 12.6. The Morgan fingerprint density at radius 2 is 2.26 bits per heavy atom. The first-order valence-corrected chi connectivity index (χ1v) is 7.99. The number of rotatable bonds is 5. The lowest BCUT2D eigenvalue weighted by molar-refractivity contribution is -0.126. The average molecular weight is 317 g/mol. The van der Waals surface area contributed by atoms with E-state index in [9.17, 15) is 4.79 Å². The van der Waals surface area contributed by atoms with E-state index < -0.39 is 0 Å². The zero-order chi connectivity index (χ0) is 16.4. The third-order valence-corrected chi connectivity index (χ3v) is 4.52.